The minimum absolute atomic E-state index is 0.183. The molecule has 0 N–H and O–H groups in total. The fourth-order valence-electron chi connectivity index (χ4n) is 3.77. The molecule has 1 aliphatic heterocycles. The molecule has 1 fully saturated rings. The summed E-state index contributed by atoms with van der Waals surface area (Å²) >= 11 is 0. The van der Waals surface area contributed by atoms with Crippen molar-refractivity contribution in [3.8, 4) is 17.1 Å². The van der Waals surface area contributed by atoms with Crippen LogP contribution in [0.2, 0.25) is 0 Å². The fraction of sp³-hybridized carbons (Fsp3) is 0.292. The molecule has 4 rings (SSSR count). The molecule has 9 heteroatoms. The third kappa shape index (κ3) is 4.92. The van der Waals surface area contributed by atoms with Crippen LogP contribution in [0, 0.1) is 6.92 Å². The largest absolute Gasteiger partial charge is 0.497 e. The summed E-state index contributed by atoms with van der Waals surface area (Å²) < 4.78 is 44.2. The van der Waals surface area contributed by atoms with Crippen LogP contribution in [0.15, 0.2) is 54.7 Å². The molecular weight excluding hydrogens is 433 g/mol. The van der Waals surface area contributed by atoms with Gasteiger partial charge in [0.05, 0.1) is 23.9 Å². The number of amides is 1. The Labute approximate surface area is 189 Å². The summed E-state index contributed by atoms with van der Waals surface area (Å²) in [6.07, 6.45) is -2.85. The molecule has 1 amide bonds. The smallest absolute Gasteiger partial charge is 0.416 e. The monoisotopic (exact) mass is 456 g/mol. The molecule has 33 heavy (non-hydrogen) atoms. The molecule has 1 aromatic heterocycles. The summed E-state index contributed by atoms with van der Waals surface area (Å²) in [5.74, 6) is 1.06. The maximum Gasteiger partial charge on any atom is 0.416 e. The Balaban J connectivity index is 1.43. The van der Waals surface area contributed by atoms with Crippen molar-refractivity contribution in [3.05, 3.63) is 71.5 Å². The number of aromatic nitrogens is 2. The van der Waals surface area contributed by atoms with Gasteiger partial charge in [-0.3, -0.25) is 4.79 Å². The Kier molecular flexibility index (Phi) is 6.22. The van der Waals surface area contributed by atoms with Crippen molar-refractivity contribution in [1.82, 2.24) is 14.9 Å². The lowest BCUT2D eigenvalue weighted by Crippen LogP contribution is -2.49. The van der Waals surface area contributed by atoms with Crippen LogP contribution < -0.4 is 9.64 Å². The van der Waals surface area contributed by atoms with E-state index < -0.39 is 11.7 Å². The quantitative estimate of drug-likeness (QED) is 0.581. The second kappa shape index (κ2) is 9.09. The maximum absolute atomic E-state index is 13.0. The van der Waals surface area contributed by atoms with Gasteiger partial charge in [0, 0.05) is 43.6 Å². The maximum atomic E-state index is 13.0. The number of aryl methyl sites for hydroxylation is 1. The molecule has 2 heterocycles. The van der Waals surface area contributed by atoms with E-state index in [0.717, 1.165) is 23.4 Å². The van der Waals surface area contributed by atoms with Gasteiger partial charge in [-0.25, -0.2) is 9.97 Å². The van der Waals surface area contributed by atoms with E-state index in [2.05, 4.69) is 9.97 Å². The van der Waals surface area contributed by atoms with Crippen LogP contribution in [-0.2, 0) is 6.18 Å². The highest BCUT2D eigenvalue weighted by atomic mass is 19.4. The average Bonchev–Trinajstić information content (AvgIpc) is 2.83. The van der Waals surface area contributed by atoms with E-state index in [1.165, 1.54) is 12.3 Å². The number of rotatable bonds is 4. The molecule has 0 unspecified atom stereocenters. The summed E-state index contributed by atoms with van der Waals surface area (Å²) in [7, 11) is 1.59. The molecule has 0 aliphatic carbocycles. The zero-order valence-corrected chi connectivity index (χ0v) is 18.3. The molecule has 3 aromatic rings. The van der Waals surface area contributed by atoms with Crippen LogP contribution in [-0.4, -0.2) is 54.1 Å². The third-order valence-corrected chi connectivity index (χ3v) is 5.66. The molecule has 1 saturated heterocycles. The predicted octanol–water partition coefficient (Wildman–Crippen LogP) is 4.44. The van der Waals surface area contributed by atoms with Gasteiger partial charge in [0.15, 0.2) is 5.82 Å². The molecule has 0 atom stereocenters. The SMILES string of the molecule is COc1ccc(-c2ncc(C(=O)N3CCN(c4cccc(C(F)(F)F)c4)CC3)c(C)n2)cc1. The normalized spacial score (nSPS) is 14.3. The Morgan fingerprint density at radius 3 is 2.33 bits per heavy atom. The number of ether oxygens (including phenoxy) is 1. The van der Waals surface area contributed by atoms with Crippen molar-refractivity contribution < 1.29 is 22.7 Å². The summed E-state index contributed by atoms with van der Waals surface area (Å²) in [4.78, 5) is 25.4. The first-order valence-electron chi connectivity index (χ1n) is 10.5. The van der Waals surface area contributed by atoms with Crippen molar-refractivity contribution in [2.45, 2.75) is 13.1 Å². The van der Waals surface area contributed by atoms with Gasteiger partial charge in [-0.15, -0.1) is 0 Å². The van der Waals surface area contributed by atoms with Gasteiger partial charge in [-0.1, -0.05) is 6.07 Å². The standard InChI is InChI=1S/C24H23F3N4O2/c1-16-21(15-28-22(29-16)17-6-8-20(33-2)9-7-17)23(32)31-12-10-30(11-13-31)19-5-3-4-18(14-19)24(25,26)27/h3-9,14-15H,10-13H2,1-2H3. The lowest BCUT2D eigenvalue weighted by molar-refractivity contribution is -0.137. The molecule has 0 radical (unpaired) electrons. The predicted molar refractivity (Wildman–Crippen MR) is 118 cm³/mol. The molecule has 0 spiro atoms. The first-order valence-corrected chi connectivity index (χ1v) is 10.5. The molecule has 1 aliphatic rings. The molecule has 172 valence electrons. The van der Waals surface area contributed by atoms with Crippen molar-refractivity contribution in [3.63, 3.8) is 0 Å². The number of nitrogens with zero attached hydrogens (tertiary/aromatic N) is 4. The van der Waals surface area contributed by atoms with Gasteiger partial charge in [0.25, 0.3) is 5.91 Å². The second-order valence-corrected chi connectivity index (χ2v) is 7.75. The van der Waals surface area contributed by atoms with Gasteiger partial charge in [-0.2, -0.15) is 13.2 Å². The van der Waals surface area contributed by atoms with Gasteiger partial charge < -0.3 is 14.5 Å². The average molecular weight is 456 g/mol. The van der Waals surface area contributed by atoms with Crippen molar-refractivity contribution >= 4 is 11.6 Å². The first-order chi connectivity index (χ1) is 15.8. The van der Waals surface area contributed by atoms with Gasteiger partial charge in [0.2, 0.25) is 0 Å². The van der Waals surface area contributed by atoms with Gasteiger partial charge >= 0.3 is 6.18 Å². The molecule has 6 nitrogen and oxygen atoms in total. The highest BCUT2D eigenvalue weighted by Crippen LogP contribution is 2.32. The Bertz CT molecular complexity index is 1140. The van der Waals surface area contributed by atoms with Gasteiger partial charge in [-0.05, 0) is 49.4 Å². The van der Waals surface area contributed by atoms with E-state index >= 15 is 0 Å². The third-order valence-electron chi connectivity index (χ3n) is 5.66. The van der Waals surface area contributed by atoms with E-state index in [1.807, 2.05) is 29.2 Å². The first kappa shape index (κ1) is 22.6. The van der Waals surface area contributed by atoms with E-state index in [-0.39, 0.29) is 5.91 Å². The minimum atomic E-state index is -4.39. The number of piperazine rings is 1. The van der Waals surface area contributed by atoms with Crippen LogP contribution in [0.25, 0.3) is 11.4 Å². The molecule has 0 saturated carbocycles. The molecule has 0 bridgehead atoms. The summed E-state index contributed by atoms with van der Waals surface area (Å²) in [5, 5.41) is 0. The lowest BCUT2D eigenvalue weighted by atomic mass is 10.1. The number of carbonyl (C=O) groups excluding carboxylic acids is 1. The Morgan fingerprint density at radius 1 is 1.03 bits per heavy atom. The van der Waals surface area contributed by atoms with Crippen molar-refractivity contribution in [1.29, 1.82) is 0 Å². The van der Waals surface area contributed by atoms with E-state index in [0.29, 0.717) is 48.9 Å². The minimum Gasteiger partial charge on any atom is -0.497 e. The summed E-state index contributed by atoms with van der Waals surface area (Å²) in [6, 6.07) is 12.6. The Morgan fingerprint density at radius 2 is 1.73 bits per heavy atom. The van der Waals surface area contributed by atoms with Crippen LogP contribution in [0.5, 0.6) is 5.75 Å². The number of anilines is 1. The number of hydrogen-bond donors (Lipinski definition) is 0. The zero-order valence-electron chi connectivity index (χ0n) is 18.3. The van der Waals surface area contributed by atoms with E-state index in [4.69, 9.17) is 4.74 Å². The Hall–Kier alpha value is -3.62. The topological polar surface area (TPSA) is 58.6 Å². The van der Waals surface area contributed by atoms with Crippen LogP contribution in [0.1, 0.15) is 21.6 Å². The molecular formula is C24H23F3N4O2. The lowest BCUT2D eigenvalue weighted by Gasteiger charge is -2.36. The van der Waals surface area contributed by atoms with Gasteiger partial charge in [0.1, 0.15) is 5.75 Å². The number of carbonyl (C=O) groups is 1. The van der Waals surface area contributed by atoms with Crippen LogP contribution in [0.4, 0.5) is 18.9 Å². The summed E-state index contributed by atoms with van der Waals surface area (Å²) in [5.41, 5.74) is 1.62. The number of halogens is 3. The number of alkyl halides is 3. The van der Waals surface area contributed by atoms with E-state index in [9.17, 15) is 18.0 Å². The van der Waals surface area contributed by atoms with Crippen LogP contribution >= 0.6 is 0 Å². The van der Waals surface area contributed by atoms with Crippen LogP contribution in [0.3, 0.4) is 0 Å². The van der Waals surface area contributed by atoms with E-state index in [1.54, 1.807) is 25.0 Å². The zero-order chi connectivity index (χ0) is 23.6. The molecule has 2 aromatic carbocycles. The number of benzene rings is 2. The van der Waals surface area contributed by atoms with Crippen molar-refractivity contribution in [2.75, 3.05) is 38.2 Å². The summed E-state index contributed by atoms with van der Waals surface area (Å²) in [6.45, 7) is 3.44. The highest BCUT2D eigenvalue weighted by Gasteiger charge is 2.31. The second-order valence-electron chi connectivity index (χ2n) is 7.75. The highest BCUT2D eigenvalue weighted by molar-refractivity contribution is 5.95. The number of methoxy groups -OCH3 is 1. The van der Waals surface area contributed by atoms with Crippen molar-refractivity contribution in [2.24, 2.45) is 0 Å². The number of hydrogen-bond acceptors (Lipinski definition) is 5. The fourth-order valence-corrected chi connectivity index (χ4v) is 3.77.